The van der Waals surface area contributed by atoms with Crippen LogP contribution in [-0.2, 0) is 15.9 Å². The van der Waals surface area contributed by atoms with E-state index in [1.165, 1.54) is 25.3 Å². The van der Waals surface area contributed by atoms with Crippen molar-refractivity contribution < 1.29 is 37.9 Å². The van der Waals surface area contributed by atoms with E-state index in [0.29, 0.717) is 66.4 Å². The second-order valence-electron chi connectivity index (χ2n) is 16.1. The van der Waals surface area contributed by atoms with Gasteiger partial charge in [0.05, 0.1) is 39.6 Å². The van der Waals surface area contributed by atoms with Crippen LogP contribution in [0.1, 0.15) is 64.4 Å². The van der Waals surface area contributed by atoms with Crippen molar-refractivity contribution in [2.24, 2.45) is 11.3 Å². The molecule has 2 aromatic carbocycles. The van der Waals surface area contributed by atoms with Crippen LogP contribution in [-0.4, -0.2) is 108 Å². The Bertz CT molecular complexity index is 2040. The molecule has 290 valence electrons. The van der Waals surface area contributed by atoms with Gasteiger partial charge in [-0.3, -0.25) is 4.90 Å². The Balaban J connectivity index is 1.23. The number of nitrogens with zero attached hydrogens (tertiary/aromatic N) is 5. The molecule has 2 aliphatic heterocycles. The number of halogens is 2. The van der Waals surface area contributed by atoms with Crippen LogP contribution < -0.4 is 14.4 Å². The number of fused-ring (bicyclic) bond motifs is 3. The summed E-state index contributed by atoms with van der Waals surface area (Å²) in [4.78, 5) is 18.8. The first-order valence-corrected chi connectivity index (χ1v) is 19.4. The minimum atomic E-state index is -1.22. The van der Waals surface area contributed by atoms with Crippen LogP contribution in [0.15, 0.2) is 24.3 Å². The number of pyridine rings is 1. The number of benzene rings is 2. The first-order valence-electron chi connectivity index (χ1n) is 19.4. The lowest BCUT2D eigenvalue weighted by Crippen LogP contribution is -2.54. The first kappa shape index (κ1) is 37.0. The predicted molar refractivity (Wildman–Crippen MR) is 201 cm³/mol. The third-order valence-electron chi connectivity index (χ3n) is 12.3. The molecular formula is C41H51F2N5O6. The molecule has 4 heterocycles. The van der Waals surface area contributed by atoms with Crippen LogP contribution in [0.2, 0.25) is 0 Å². The third kappa shape index (κ3) is 6.71. The van der Waals surface area contributed by atoms with E-state index in [4.69, 9.17) is 28.9 Å². The lowest BCUT2D eigenvalue weighted by Gasteiger charge is -2.48. The fourth-order valence-electron chi connectivity index (χ4n) is 9.73. The number of aliphatic hydroxyl groups is 1. The summed E-state index contributed by atoms with van der Waals surface area (Å²) in [6.45, 7) is 6.97. The summed E-state index contributed by atoms with van der Waals surface area (Å²) in [6, 6.07) is 6.23. The lowest BCUT2D eigenvalue weighted by molar-refractivity contribution is -0.0457. The Morgan fingerprint density at radius 2 is 1.85 bits per heavy atom. The molecule has 3 atom stereocenters. The van der Waals surface area contributed by atoms with Gasteiger partial charge in [-0.15, -0.1) is 0 Å². The minimum Gasteiger partial charge on any atom is -0.508 e. The molecule has 0 radical (unpaired) electrons. The van der Waals surface area contributed by atoms with Crippen molar-refractivity contribution >= 4 is 27.5 Å². The van der Waals surface area contributed by atoms with Crippen molar-refractivity contribution in [2.75, 3.05) is 65.1 Å². The molecule has 2 saturated carbocycles. The van der Waals surface area contributed by atoms with Crippen LogP contribution in [0.5, 0.6) is 17.6 Å². The number of methoxy groups -OCH3 is 2. The molecular weight excluding hydrogens is 696 g/mol. The summed E-state index contributed by atoms with van der Waals surface area (Å²) < 4.78 is 56.3. The molecule has 0 bridgehead atoms. The number of aryl methyl sites for hydroxylation is 1. The molecule has 0 spiro atoms. The summed E-state index contributed by atoms with van der Waals surface area (Å²) in [5, 5.41) is 23.2. The smallest absolute Gasteiger partial charge is 0.319 e. The average molecular weight is 748 g/mol. The predicted octanol–water partition coefficient (Wildman–Crippen LogP) is 6.43. The highest BCUT2D eigenvalue weighted by molar-refractivity contribution is 6.03. The number of ether oxygens (including phenoxy) is 4. The summed E-state index contributed by atoms with van der Waals surface area (Å²) in [6.07, 6.45) is 8.26. The molecule has 13 heteroatoms. The molecule has 8 rings (SSSR count). The highest BCUT2D eigenvalue weighted by Crippen LogP contribution is 2.49. The number of aromatic hydroxyl groups is 1. The summed E-state index contributed by atoms with van der Waals surface area (Å²) >= 11 is 0. The van der Waals surface area contributed by atoms with E-state index < -0.39 is 17.2 Å². The second-order valence-corrected chi connectivity index (χ2v) is 16.1. The number of likely N-dealkylation sites (tertiary alicyclic amines) is 1. The van der Waals surface area contributed by atoms with Gasteiger partial charge >= 0.3 is 6.01 Å². The van der Waals surface area contributed by atoms with Gasteiger partial charge < -0.3 is 34.1 Å². The number of phenols is 1. The Hall–Kier alpha value is -3.91. The standard InChI is InChI=1S/C41H51F2N5O6/c1-5-28-30(42)10-9-25-18-26(49)19-29(32(25)28)35-34(43)36-33(38(44-35)52-4)37(48-14-15-53-22-40(2,50)21-48)46-39(45-36)54-23-41-11-6-8-31(41)47(13-7-12-41)20-24-16-27(17-24)51-3/h9-10,18-19,24,27,31,49-50H,5-8,11-17,20-23H2,1-4H3. The van der Waals surface area contributed by atoms with E-state index >= 15 is 8.78 Å². The van der Waals surface area contributed by atoms with Crippen LogP contribution in [0.3, 0.4) is 0 Å². The van der Waals surface area contributed by atoms with Gasteiger partial charge in [0.25, 0.3) is 0 Å². The molecule has 4 aromatic rings. The monoisotopic (exact) mass is 747 g/mol. The molecule has 2 aromatic heterocycles. The van der Waals surface area contributed by atoms with Crippen LogP contribution in [0.25, 0.3) is 32.9 Å². The number of anilines is 1. The quantitative estimate of drug-likeness (QED) is 0.187. The van der Waals surface area contributed by atoms with Crippen molar-refractivity contribution in [3.8, 4) is 28.9 Å². The Morgan fingerprint density at radius 3 is 2.63 bits per heavy atom. The van der Waals surface area contributed by atoms with Gasteiger partial charge in [0, 0.05) is 37.2 Å². The highest BCUT2D eigenvalue weighted by atomic mass is 19.1. The lowest BCUT2D eigenvalue weighted by atomic mass is 9.74. The molecule has 11 nitrogen and oxygen atoms in total. The van der Waals surface area contributed by atoms with Crippen molar-refractivity contribution in [1.29, 1.82) is 0 Å². The van der Waals surface area contributed by atoms with Gasteiger partial charge in [0.2, 0.25) is 5.88 Å². The van der Waals surface area contributed by atoms with Crippen molar-refractivity contribution in [3.05, 3.63) is 41.5 Å². The van der Waals surface area contributed by atoms with E-state index in [0.717, 1.165) is 58.0 Å². The number of β-amino-alcohol motifs (C(OH)–C–C–N with tert-alkyl or cyclic N) is 1. The zero-order chi connectivity index (χ0) is 37.8. The number of hydrogen-bond acceptors (Lipinski definition) is 11. The summed E-state index contributed by atoms with van der Waals surface area (Å²) in [5.41, 5.74) is -0.944. The van der Waals surface area contributed by atoms with Crippen molar-refractivity contribution in [3.63, 3.8) is 0 Å². The molecule has 0 amide bonds. The van der Waals surface area contributed by atoms with Crippen LogP contribution >= 0.6 is 0 Å². The van der Waals surface area contributed by atoms with Crippen molar-refractivity contribution in [2.45, 2.75) is 83.0 Å². The Labute approximate surface area is 314 Å². The molecule has 2 saturated heterocycles. The summed E-state index contributed by atoms with van der Waals surface area (Å²) in [5.74, 6) is -0.344. The van der Waals surface area contributed by atoms with Gasteiger partial charge in [0.15, 0.2) is 5.82 Å². The van der Waals surface area contributed by atoms with Gasteiger partial charge in [-0.25, -0.2) is 13.8 Å². The number of hydrogen-bond donors (Lipinski definition) is 2. The number of piperidine rings is 1. The minimum absolute atomic E-state index is 0.0144. The van der Waals surface area contributed by atoms with Crippen LogP contribution in [0, 0.1) is 23.0 Å². The fraction of sp³-hybridized carbons (Fsp3) is 0.585. The zero-order valence-electron chi connectivity index (χ0n) is 31.7. The molecule has 4 aliphatic rings. The number of aromatic nitrogens is 3. The van der Waals surface area contributed by atoms with E-state index in [2.05, 4.69) is 9.88 Å². The number of phenolic OH excluding ortho intramolecular Hbond substituents is 1. The van der Waals surface area contributed by atoms with E-state index in [1.54, 1.807) is 20.1 Å². The topological polar surface area (TPSA) is 123 Å². The molecule has 4 fully saturated rings. The summed E-state index contributed by atoms with van der Waals surface area (Å²) in [7, 11) is 3.23. The van der Waals surface area contributed by atoms with Gasteiger partial charge in [-0.05, 0) is 98.9 Å². The Morgan fingerprint density at radius 1 is 1.04 bits per heavy atom. The SMILES string of the molecule is CCc1c(F)ccc2cc(O)cc(-c3nc(OC)c4c(N5CCOCC(C)(O)C5)nc(OCC56CCCC5N(CC5CC(OC)C5)CCC6)nc4c3F)c12. The van der Waals surface area contributed by atoms with Gasteiger partial charge in [-0.2, -0.15) is 9.97 Å². The third-order valence-corrected chi connectivity index (χ3v) is 12.3. The average Bonchev–Trinajstić information content (AvgIpc) is 3.49. The largest absolute Gasteiger partial charge is 0.508 e. The normalized spacial score (nSPS) is 27.5. The fourth-order valence-corrected chi connectivity index (χ4v) is 9.73. The molecule has 2 aliphatic carbocycles. The maximum Gasteiger partial charge on any atom is 0.319 e. The maximum absolute atomic E-state index is 17.4. The second kappa shape index (κ2) is 14.6. The molecule has 3 unspecified atom stereocenters. The molecule has 54 heavy (non-hydrogen) atoms. The van der Waals surface area contributed by atoms with E-state index in [-0.39, 0.29) is 58.4 Å². The van der Waals surface area contributed by atoms with Crippen LogP contribution in [0.4, 0.5) is 14.6 Å². The highest BCUT2D eigenvalue weighted by Gasteiger charge is 2.49. The Kier molecular flexibility index (Phi) is 10.0. The maximum atomic E-state index is 17.4. The van der Waals surface area contributed by atoms with E-state index in [1.807, 2.05) is 11.8 Å². The molecule has 2 N–H and O–H groups in total. The van der Waals surface area contributed by atoms with Crippen molar-refractivity contribution in [1.82, 2.24) is 19.9 Å². The zero-order valence-corrected chi connectivity index (χ0v) is 31.7. The van der Waals surface area contributed by atoms with Gasteiger partial charge in [0.1, 0.15) is 39.6 Å². The number of rotatable bonds is 10. The first-order chi connectivity index (χ1) is 26.0. The van der Waals surface area contributed by atoms with Gasteiger partial charge in [-0.1, -0.05) is 19.4 Å². The van der Waals surface area contributed by atoms with E-state index in [9.17, 15) is 10.2 Å².